The summed E-state index contributed by atoms with van der Waals surface area (Å²) in [5.41, 5.74) is 1.03. The Morgan fingerprint density at radius 1 is 0.694 bits per heavy atom. The van der Waals surface area contributed by atoms with Gasteiger partial charge in [0, 0.05) is 93.2 Å². The molecule has 7 rings (SSSR count). The van der Waals surface area contributed by atoms with Crippen LogP contribution in [0.2, 0.25) is 0 Å². The fraction of sp³-hybridized carbons (Fsp3) is 0.548. The molecule has 0 radical (unpaired) electrons. The Bertz CT molecular complexity index is 2300. The molecule has 4 aliphatic rings. The van der Waals surface area contributed by atoms with Crippen LogP contribution in [0.25, 0.3) is 0 Å². The molecule has 4 aliphatic heterocycles. The first-order chi connectivity index (χ1) is 29.3. The predicted octanol–water partition coefficient (Wildman–Crippen LogP) is 3.96. The van der Waals surface area contributed by atoms with Crippen molar-refractivity contribution in [1.29, 1.82) is 0 Å². The van der Waals surface area contributed by atoms with Crippen molar-refractivity contribution in [1.82, 2.24) is 38.2 Å². The van der Waals surface area contributed by atoms with E-state index in [9.17, 15) is 31.2 Å². The smallest absolute Gasteiger partial charge is 0.410 e. The van der Waals surface area contributed by atoms with Gasteiger partial charge in [0.05, 0.1) is 11.1 Å². The second-order valence-corrected chi connectivity index (χ2v) is 21.0. The molecule has 4 fully saturated rings. The molecular weight excluding hydrogens is 837 g/mol. The average Bonchev–Trinajstić information content (AvgIpc) is 3.69. The van der Waals surface area contributed by atoms with Gasteiger partial charge in [-0.25, -0.2) is 24.2 Å². The first-order valence-corrected chi connectivity index (χ1v) is 23.9. The van der Waals surface area contributed by atoms with E-state index in [1.54, 1.807) is 36.7 Å². The molecule has 2 aromatic heterocycles. The molecule has 20 heteroatoms. The molecule has 2 atom stereocenters. The zero-order valence-electron chi connectivity index (χ0n) is 36.4. The lowest BCUT2D eigenvalue weighted by molar-refractivity contribution is 0.0830. The number of hydrogen-bond donors (Lipinski definition) is 3. The van der Waals surface area contributed by atoms with Gasteiger partial charge in [-0.3, -0.25) is 9.59 Å². The molecule has 0 unspecified atom stereocenters. The maximum atomic E-state index is 13.1. The van der Waals surface area contributed by atoms with E-state index < -0.39 is 38.3 Å². The molecule has 4 saturated heterocycles. The lowest BCUT2D eigenvalue weighted by atomic mass is 9.97. The third-order valence-corrected chi connectivity index (χ3v) is 14.6. The van der Waals surface area contributed by atoms with Crippen LogP contribution in [0, 0.1) is 11.8 Å². The van der Waals surface area contributed by atoms with Crippen molar-refractivity contribution >= 4 is 50.0 Å². The van der Waals surface area contributed by atoms with Crippen molar-refractivity contribution in [2.75, 3.05) is 75.2 Å². The highest BCUT2D eigenvalue weighted by atomic mass is 32.2. The van der Waals surface area contributed by atoms with E-state index in [-0.39, 0.29) is 59.3 Å². The highest BCUT2D eigenvalue weighted by Gasteiger charge is 2.41. The lowest BCUT2D eigenvalue weighted by Gasteiger charge is -2.34. The van der Waals surface area contributed by atoms with Gasteiger partial charge >= 0.3 is 26.5 Å². The topological polar surface area (TPSA) is 207 Å². The van der Waals surface area contributed by atoms with Crippen LogP contribution >= 0.6 is 0 Å². The molecule has 62 heavy (non-hydrogen) atoms. The zero-order valence-corrected chi connectivity index (χ0v) is 38.0. The van der Waals surface area contributed by atoms with Crippen molar-refractivity contribution in [2.45, 2.75) is 72.1 Å². The predicted molar refractivity (Wildman–Crippen MR) is 242 cm³/mol. The summed E-state index contributed by atoms with van der Waals surface area (Å²) in [6.07, 6.45) is 4.68. The SMILES string of the molecule is C[C@@H]1CN(c2ncccc2C(=O)NS(=O)(=O)N2CCN(C(=O)OCc3ccccc3)CC2)C(C)(C)C1.C[C@@H]1CN(c2ncccc2C(=O)NS(=O)(=O)N2CCNCC2)C(C)(C)C1.[HH].[HH].[HH]. The number of benzene rings is 1. The van der Waals surface area contributed by atoms with Gasteiger partial charge in [0.1, 0.15) is 18.2 Å². The Hall–Kier alpha value is -4.89. The third kappa shape index (κ3) is 11.2. The zero-order chi connectivity index (χ0) is 44.9. The Labute approximate surface area is 370 Å². The number of aromatic nitrogens is 2. The van der Waals surface area contributed by atoms with Crippen LogP contribution in [0.1, 0.15) is 84.9 Å². The number of hydrogen-bond acceptors (Lipinski definition) is 13. The summed E-state index contributed by atoms with van der Waals surface area (Å²) in [5.74, 6) is 0.561. The minimum atomic E-state index is -4.11. The van der Waals surface area contributed by atoms with E-state index in [2.05, 4.69) is 76.1 Å². The number of nitrogens with zero attached hydrogens (tertiary/aromatic N) is 7. The van der Waals surface area contributed by atoms with E-state index >= 15 is 0 Å². The van der Waals surface area contributed by atoms with Crippen molar-refractivity contribution in [3.63, 3.8) is 0 Å². The van der Waals surface area contributed by atoms with Crippen LogP contribution in [0.4, 0.5) is 16.4 Å². The maximum Gasteiger partial charge on any atom is 0.410 e. The number of ether oxygens (including phenoxy) is 1. The van der Waals surface area contributed by atoms with E-state index in [1.165, 1.54) is 13.5 Å². The fourth-order valence-electron chi connectivity index (χ4n) is 8.78. The summed E-state index contributed by atoms with van der Waals surface area (Å²) in [5, 5.41) is 3.10. The van der Waals surface area contributed by atoms with Gasteiger partial charge in [0.2, 0.25) is 0 Å². The van der Waals surface area contributed by atoms with Gasteiger partial charge in [-0.2, -0.15) is 25.4 Å². The molecule has 3 aromatic rings. The standard InChI is InChI=1S/C25H33N5O5S.C17H27N5O3S.3H2/c1-19-16-25(2,3)30(17-19)22-21(10-7-11-26-22)23(31)27-36(33,34)29-14-12-28(13-15-29)24(32)35-18-20-8-5-4-6-9-20;1-13-11-17(2,3)22(12-13)15-14(5-4-6-19-15)16(23)20-26(24,25)21-9-7-18-8-10-21;;;/h4-11,19H,12-18H2,1-3H3,(H,27,31);4-6,13,18H,7-12H2,1-3H3,(H,20,23);3*1H/t19-;13-;;;/m00.../s1. The third-order valence-electron chi connectivity index (χ3n) is 11.6. The largest absolute Gasteiger partial charge is 0.445 e. The maximum absolute atomic E-state index is 13.1. The molecular formula is C42H66N10O8S2. The summed E-state index contributed by atoms with van der Waals surface area (Å²) < 4.78 is 63.2. The summed E-state index contributed by atoms with van der Waals surface area (Å²) in [7, 11) is -7.97. The van der Waals surface area contributed by atoms with E-state index in [4.69, 9.17) is 4.74 Å². The number of amides is 3. The van der Waals surface area contributed by atoms with Crippen molar-refractivity contribution in [2.24, 2.45) is 11.8 Å². The van der Waals surface area contributed by atoms with E-state index in [0.717, 1.165) is 31.5 Å². The summed E-state index contributed by atoms with van der Waals surface area (Å²) in [4.78, 5) is 52.7. The molecule has 0 aliphatic carbocycles. The first-order valence-electron chi connectivity index (χ1n) is 21.0. The van der Waals surface area contributed by atoms with Crippen LogP contribution in [-0.2, 0) is 31.8 Å². The molecule has 6 heterocycles. The number of piperazine rings is 2. The minimum absolute atomic E-state index is 0. The van der Waals surface area contributed by atoms with Gasteiger partial charge in [0.15, 0.2) is 0 Å². The molecule has 18 nitrogen and oxygen atoms in total. The highest BCUT2D eigenvalue weighted by Crippen LogP contribution is 2.38. The van der Waals surface area contributed by atoms with Crippen molar-refractivity contribution in [3.8, 4) is 0 Å². The van der Waals surface area contributed by atoms with Gasteiger partial charge in [-0.15, -0.1) is 0 Å². The number of nitrogens with one attached hydrogen (secondary N) is 3. The molecule has 0 bridgehead atoms. The molecule has 1 aromatic carbocycles. The van der Waals surface area contributed by atoms with Crippen LogP contribution < -0.4 is 24.6 Å². The Morgan fingerprint density at radius 2 is 1.15 bits per heavy atom. The van der Waals surface area contributed by atoms with Crippen molar-refractivity contribution < 1.29 is 40.2 Å². The number of carbonyl (C=O) groups is 3. The molecule has 0 spiro atoms. The summed E-state index contributed by atoms with van der Waals surface area (Å²) >= 11 is 0. The number of anilines is 2. The number of rotatable bonds is 10. The van der Waals surface area contributed by atoms with Crippen LogP contribution in [0.15, 0.2) is 67.0 Å². The van der Waals surface area contributed by atoms with Crippen LogP contribution in [0.5, 0.6) is 0 Å². The average molecular weight is 903 g/mol. The molecule has 344 valence electrons. The van der Waals surface area contributed by atoms with Gasteiger partial charge < -0.3 is 24.8 Å². The fourth-order valence-corrected chi connectivity index (χ4v) is 11.0. The normalized spacial score (nSPS) is 21.7. The quantitative estimate of drug-likeness (QED) is 0.264. The number of pyridine rings is 2. The highest BCUT2D eigenvalue weighted by molar-refractivity contribution is 7.88. The first kappa shape index (κ1) is 46.6. The van der Waals surface area contributed by atoms with Crippen LogP contribution in [0.3, 0.4) is 0 Å². The summed E-state index contributed by atoms with van der Waals surface area (Å²) in [6.45, 7) is 16.7. The summed E-state index contributed by atoms with van der Waals surface area (Å²) in [6, 6.07) is 15.8. The molecule has 0 saturated carbocycles. The number of carbonyl (C=O) groups excluding carboxylic acids is 3. The van der Waals surface area contributed by atoms with Gasteiger partial charge in [-0.05, 0) is 82.2 Å². The second kappa shape index (κ2) is 19.2. The second-order valence-electron chi connectivity index (χ2n) is 17.7. The lowest BCUT2D eigenvalue weighted by Crippen LogP contribution is -2.54. The van der Waals surface area contributed by atoms with Gasteiger partial charge in [-0.1, -0.05) is 44.2 Å². The van der Waals surface area contributed by atoms with Gasteiger partial charge in [0.25, 0.3) is 11.8 Å². The van der Waals surface area contributed by atoms with E-state index in [0.29, 0.717) is 49.7 Å². The molecule has 3 N–H and O–H groups in total. The molecule has 3 amide bonds. The van der Waals surface area contributed by atoms with Crippen LogP contribution in [-0.4, -0.2) is 135 Å². The van der Waals surface area contributed by atoms with E-state index in [1.807, 2.05) is 30.3 Å². The monoisotopic (exact) mass is 902 g/mol. The van der Waals surface area contributed by atoms with Crippen molar-refractivity contribution in [3.05, 3.63) is 83.7 Å². The Kier molecular flexibility index (Phi) is 14.5. The minimum Gasteiger partial charge on any atom is -0.445 e. The Balaban J connectivity index is 0.000000346. The Morgan fingerprint density at radius 3 is 1.58 bits per heavy atom.